The lowest BCUT2D eigenvalue weighted by Gasteiger charge is -2.15. The summed E-state index contributed by atoms with van der Waals surface area (Å²) in [7, 11) is 3.26. The van der Waals surface area contributed by atoms with Crippen molar-refractivity contribution in [1.29, 1.82) is 0 Å². The van der Waals surface area contributed by atoms with Crippen LogP contribution in [-0.4, -0.2) is 45.0 Å². The van der Waals surface area contributed by atoms with Gasteiger partial charge in [-0.3, -0.25) is 9.48 Å². The van der Waals surface area contributed by atoms with E-state index in [0.29, 0.717) is 34.4 Å². The molecule has 3 aromatic rings. The van der Waals surface area contributed by atoms with Gasteiger partial charge in [0.05, 0.1) is 24.0 Å². The smallest absolute Gasteiger partial charge is 0.273 e. The second-order valence-electron chi connectivity index (χ2n) is 6.74. The monoisotopic (exact) mass is 406 g/mol. The number of anilines is 2. The van der Waals surface area contributed by atoms with Crippen molar-refractivity contribution in [1.82, 2.24) is 30.3 Å². The maximum Gasteiger partial charge on any atom is 0.273 e. The molecule has 0 atom stereocenters. The van der Waals surface area contributed by atoms with Crippen LogP contribution < -0.4 is 15.4 Å². The molecule has 1 aliphatic carbocycles. The number of benzene rings is 1. The molecule has 0 spiro atoms. The van der Waals surface area contributed by atoms with E-state index in [9.17, 15) is 4.79 Å². The molecule has 0 saturated heterocycles. The molecule has 4 rings (SSSR count). The summed E-state index contributed by atoms with van der Waals surface area (Å²) >= 11 is 0. The van der Waals surface area contributed by atoms with Crippen LogP contribution in [0.3, 0.4) is 0 Å². The fourth-order valence-electron chi connectivity index (χ4n) is 2.82. The molecule has 0 radical (unpaired) electrons. The van der Waals surface area contributed by atoms with Crippen molar-refractivity contribution in [2.75, 3.05) is 19.4 Å². The van der Waals surface area contributed by atoms with Crippen LogP contribution in [0.1, 0.15) is 33.1 Å². The summed E-state index contributed by atoms with van der Waals surface area (Å²) in [6, 6.07) is 6.88. The third-order valence-corrected chi connectivity index (χ3v) is 4.43. The van der Waals surface area contributed by atoms with E-state index in [-0.39, 0.29) is 11.4 Å². The Morgan fingerprint density at radius 2 is 2.20 bits per heavy atom. The van der Waals surface area contributed by atoms with E-state index in [4.69, 9.17) is 8.85 Å². The summed E-state index contributed by atoms with van der Waals surface area (Å²) < 4.78 is 29.2. The van der Waals surface area contributed by atoms with Crippen molar-refractivity contribution in [2.45, 2.75) is 12.8 Å². The van der Waals surface area contributed by atoms with Crippen LogP contribution in [0.5, 0.6) is 5.75 Å². The summed E-state index contributed by atoms with van der Waals surface area (Å²) in [5, 5.41) is 17.3. The maximum atomic E-state index is 12.6. The Morgan fingerprint density at radius 3 is 2.90 bits per heavy atom. The first-order valence-corrected chi connectivity index (χ1v) is 9.25. The van der Waals surface area contributed by atoms with E-state index in [1.165, 1.54) is 7.11 Å². The molecule has 2 N–H and O–H groups in total. The Hall–Kier alpha value is -3.93. The van der Waals surface area contributed by atoms with Crippen LogP contribution in [0.15, 0.2) is 30.6 Å². The number of hydrogen-bond acceptors (Lipinski definition) is 7. The molecule has 1 aliphatic rings. The predicted octanol–water partition coefficient (Wildman–Crippen LogP) is 2.15. The van der Waals surface area contributed by atoms with E-state index in [2.05, 4.69) is 37.4 Å². The van der Waals surface area contributed by atoms with Gasteiger partial charge < -0.3 is 15.4 Å². The molecule has 152 valence electrons. The maximum absolute atomic E-state index is 12.6. The van der Waals surface area contributed by atoms with Crippen LogP contribution in [0.25, 0.3) is 11.4 Å². The Balaban J connectivity index is 1.74. The van der Waals surface area contributed by atoms with Gasteiger partial charge in [-0.25, -0.2) is 4.98 Å². The minimum atomic E-state index is -2.68. The van der Waals surface area contributed by atoms with Gasteiger partial charge in [0.2, 0.25) is 0 Å². The molecule has 2 aromatic heterocycles. The lowest BCUT2D eigenvalue weighted by Crippen LogP contribution is -2.21. The summed E-state index contributed by atoms with van der Waals surface area (Å²) in [5.74, 6) is 6.40. The van der Waals surface area contributed by atoms with Gasteiger partial charge in [-0.15, -0.1) is 10.2 Å². The number of aryl methyl sites for hydroxylation is 1. The molecule has 0 aliphatic heterocycles. The topological polar surface area (TPSA) is 107 Å². The third-order valence-electron chi connectivity index (χ3n) is 4.43. The highest BCUT2D eigenvalue weighted by molar-refractivity contribution is 5.98. The van der Waals surface area contributed by atoms with Crippen molar-refractivity contribution >= 4 is 17.3 Å². The number of carbonyl (C=O) groups excluding carboxylic acids is 1. The Kier molecular flexibility index (Phi) is 4.36. The first kappa shape index (κ1) is 15.9. The predicted molar refractivity (Wildman–Crippen MR) is 111 cm³/mol. The van der Waals surface area contributed by atoms with Gasteiger partial charge in [-0.05, 0) is 30.9 Å². The highest BCUT2D eigenvalue weighted by Crippen LogP contribution is 2.36. The number of nitrogens with zero attached hydrogens (tertiary/aromatic N) is 5. The van der Waals surface area contributed by atoms with Crippen molar-refractivity contribution < 1.29 is 13.6 Å². The fourth-order valence-corrected chi connectivity index (χ4v) is 2.82. The van der Waals surface area contributed by atoms with Gasteiger partial charge in [0.25, 0.3) is 5.91 Å². The molecule has 1 saturated carbocycles. The molecule has 1 amide bonds. The molecule has 2 heterocycles. The summed E-state index contributed by atoms with van der Waals surface area (Å²) in [6.07, 6.45) is 3.68. The number of rotatable bonds is 5. The number of nitrogens with one attached hydrogen (secondary N) is 2. The second-order valence-corrected chi connectivity index (χ2v) is 6.74. The number of aromatic nitrogens is 5. The van der Waals surface area contributed by atoms with Gasteiger partial charge in [-0.1, -0.05) is 12.0 Å². The average Bonchev–Trinajstić information content (AvgIpc) is 3.49. The number of para-hydroxylation sites is 1. The zero-order valence-electron chi connectivity index (χ0n) is 19.4. The first-order valence-electron chi connectivity index (χ1n) is 10.8. The average molecular weight is 406 g/mol. The number of amides is 1. The van der Waals surface area contributed by atoms with E-state index >= 15 is 0 Å². The zero-order chi connectivity index (χ0) is 23.6. The largest absolute Gasteiger partial charge is 0.494 e. The van der Waals surface area contributed by atoms with Gasteiger partial charge in [0, 0.05) is 30.1 Å². The van der Waals surface area contributed by atoms with Crippen molar-refractivity contribution in [3.63, 3.8) is 0 Å². The molecule has 1 aromatic carbocycles. The summed E-state index contributed by atoms with van der Waals surface area (Å²) in [5.41, 5.74) is 1.53. The van der Waals surface area contributed by atoms with Gasteiger partial charge in [0.1, 0.15) is 12.0 Å². The van der Waals surface area contributed by atoms with Crippen LogP contribution in [0, 0.1) is 17.8 Å². The van der Waals surface area contributed by atoms with Crippen molar-refractivity contribution in [2.24, 2.45) is 13.0 Å². The van der Waals surface area contributed by atoms with Gasteiger partial charge in [-0.2, -0.15) is 5.10 Å². The van der Waals surface area contributed by atoms with Crippen LogP contribution in [-0.2, 0) is 7.05 Å². The standard InChI is InChI=1S/C21H21N7O2/c1-22-21(29)18-17(11-14(25-26-18)10-9-13-7-8-13)24-16-6-4-5-15(19(16)30-3)20-23-12-28(2)27-20/h4-6,11-13H,7-8H2,1-3H3,(H,22,29)(H,24,25)/i1D3. The molecule has 30 heavy (non-hydrogen) atoms. The SMILES string of the molecule is [2H]C([2H])([2H])NC(=O)c1nnc(C#CC2CC2)cc1Nc1cccc(-c2ncn(C)n2)c1OC. The Labute approximate surface area is 178 Å². The highest BCUT2D eigenvalue weighted by atomic mass is 16.5. The van der Waals surface area contributed by atoms with Crippen molar-refractivity contribution in [3.05, 3.63) is 42.0 Å². The number of carbonyl (C=O) groups is 1. The van der Waals surface area contributed by atoms with Crippen LogP contribution in [0.2, 0.25) is 0 Å². The minimum Gasteiger partial charge on any atom is -0.494 e. The molecule has 0 unspecified atom stereocenters. The van der Waals surface area contributed by atoms with Gasteiger partial charge >= 0.3 is 0 Å². The molecular formula is C21H21N7O2. The Bertz CT molecular complexity index is 1260. The van der Waals surface area contributed by atoms with Crippen LogP contribution >= 0.6 is 0 Å². The zero-order valence-corrected chi connectivity index (χ0v) is 16.4. The van der Waals surface area contributed by atoms with E-state index in [0.717, 1.165) is 12.8 Å². The van der Waals surface area contributed by atoms with E-state index in [1.807, 2.05) is 5.32 Å². The molecule has 1 fully saturated rings. The molecular weight excluding hydrogens is 382 g/mol. The molecule has 9 heteroatoms. The normalized spacial score (nSPS) is 14.5. The second kappa shape index (κ2) is 8.21. The fraction of sp³-hybridized carbons (Fsp3) is 0.286. The molecule has 0 bridgehead atoms. The molecule has 9 nitrogen and oxygen atoms in total. The van der Waals surface area contributed by atoms with Crippen LogP contribution in [0.4, 0.5) is 11.4 Å². The highest BCUT2D eigenvalue weighted by Gasteiger charge is 2.20. The quantitative estimate of drug-likeness (QED) is 0.625. The Morgan fingerprint density at radius 1 is 1.33 bits per heavy atom. The lowest BCUT2D eigenvalue weighted by atomic mass is 10.1. The van der Waals surface area contributed by atoms with E-state index in [1.54, 1.807) is 42.3 Å². The minimum absolute atomic E-state index is 0.188. The van der Waals surface area contributed by atoms with Crippen molar-refractivity contribution in [3.8, 4) is 29.0 Å². The lowest BCUT2D eigenvalue weighted by molar-refractivity contribution is 0.0958. The van der Waals surface area contributed by atoms with E-state index < -0.39 is 12.9 Å². The van der Waals surface area contributed by atoms with Gasteiger partial charge in [0.15, 0.2) is 17.3 Å². The summed E-state index contributed by atoms with van der Waals surface area (Å²) in [6.45, 7) is -2.68. The number of methoxy groups -OCH3 is 1. The number of hydrogen-bond donors (Lipinski definition) is 2. The third kappa shape index (κ3) is 4.07. The number of ether oxygens (including phenoxy) is 1. The summed E-state index contributed by atoms with van der Waals surface area (Å²) in [4.78, 5) is 16.9. The first-order chi connectivity index (χ1) is 15.7.